The van der Waals surface area contributed by atoms with E-state index in [1.807, 2.05) is 6.07 Å². The van der Waals surface area contributed by atoms with E-state index >= 15 is 0 Å². The number of hydrogen-bond acceptors (Lipinski definition) is 2. The van der Waals surface area contributed by atoms with Gasteiger partial charge in [-0.3, -0.25) is 4.98 Å². The van der Waals surface area contributed by atoms with Gasteiger partial charge in [0.25, 0.3) is 0 Å². The van der Waals surface area contributed by atoms with E-state index in [4.69, 9.17) is 16.3 Å². The molecule has 0 spiro atoms. The third-order valence-electron chi connectivity index (χ3n) is 2.91. The maximum atomic E-state index is 5.79. The lowest BCUT2D eigenvalue weighted by molar-refractivity contribution is 0.304. The Balaban J connectivity index is 2.09. The molecular formula is C17H16ClNO. The first-order valence-electron chi connectivity index (χ1n) is 6.38. The molecule has 3 heteroatoms. The normalized spacial score (nSPS) is 9.75. The lowest BCUT2D eigenvalue weighted by atomic mass is 10.1. The first kappa shape index (κ1) is 14.4. The van der Waals surface area contributed by atoms with Crippen LogP contribution in [0.2, 0.25) is 0 Å². The molecule has 2 nitrogen and oxygen atoms in total. The molecule has 20 heavy (non-hydrogen) atoms. The minimum atomic E-state index is 0.313. The van der Waals surface area contributed by atoms with E-state index in [1.165, 1.54) is 16.7 Å². The number of aryl methyl sites for hydroxylation is 2. The number of pyridine rings is 1. The van der Waals surface area contributed by atoms with Crippen molar-refractivity contribution >= 4 is 11.6 Å². The third-order valence-corrected chi connectivity index (χ3v) is 3.05. The number of nitrogens with zero attached hydrogens (tertiary/aromatic N) is 1. The molecule has 0 atom stereocenters. The van der Waals surface area contributed by atoms with Crippen LogP contribution < -0.4 is 4.74 Å². The van der Waals surface area contributed by atoms with Crippen molar-refractivity contribution in [2.24, 2.45) is 0 Å². The summed E-state index contributed by atoms with van der Waals surface area (Å²) < 4.78 is 5.79. The molecule has 0 radical (unpaired) electrons. The summed E-state index contributed by atoms with van der Waals surface area (Å²) in [4.78, 5) is 4.12. The second kappa shape index (κ2) is 6.98. The Bertz CT molecular complexity index is 656. The summed E-state index contributed by atoms with van der Waals surface area (Å²) in [7, 11) is 0. The van der Waals surface area contributed by atoms with Gasteiger partial charge in [0.2, 0.25) is 0 Å². The van der Waals surface area contributed by atoms with Crippen molar-refractivity contribution in [3.63, 3.8) is 0 Å². The first-order chi connectivity index (χ1) is 9.69. The maximum Gasteiger partial charge on any atom is 0.139 e. The van der Waals surface area contributed by atoms with Gasteiger partial charge in [-0.15, -0.1) is 11.6 Å². The Kier molecular flexibility index (Phi) is 5.03. The summed E-state index contributed by atoms with van der Waals surface area (Å²) in [5.74, 6) is 6.76. The van der Waals surface area contributed by atoms with Crippen LogP contribution in [0.3, 0.4) is 0 Å². The molecule has 0 aliphatic carbocycles. The van der Waals surface area contributed by atoms with E-state index in [0.717, 1.165) is 5.56 Å². The highest BCUT2D eigenvalue weighted by atomic mass is 35.5. The molecule has 0 N–H and O–H groups in total. The molecule has 0 fully saturated rings. The molecule has 0 aliphatic heterocycles. The van der Waals surface area contributed by atoms with Gasteiger partial charge in [0.1, 0.15) is 12.4 Å². The van der Waals surface area contributed by atoms with Crippen molar-refractivity contribution in [2.75, 3.05) is 5.88 Å². The summed E-state index contributed by atoms with van der Waals surface area (Å²) in [5, 5.41) is 0. The predicted molar refractivity (Wildman–Crippen MR) is 82.1 cm³/mol. The van der Waals surface area contributed by atoms with Crippen LogP contribution in [0.4, 0.5) is 0 Å². The average molecular weight is 286 g/mol. The lowest BCUT2D eigenvalue weighted by Crippen LogP contribution is -1.99. The van der Waals surface area contributed by atoms with Crippen LogP contribution in [0, 0.1) is 25.7 Å². The molecule has 2 aromatic rings. The van der Waals surface area contributed by atoms with Gasteiger partial charge in [-0.05, 0) is 31.0 Å². The number of benzene rings is 1. The number of aromatic nitrogens is 1. The molecule has 0 saturated heterocycles. The van der Waals surface area contributed by atoms with Crippen molar-refractivity contribution in [1.29, 1.82) is 0 Å². The SMILES string of the molecule is Cc1ccc(C)c(COc2cncc(C#CCCl)c2)c1. The molecule has 0 amide bonds. The van der Waals surface area contributed by atoms with Gasteiger partial charge < -0.3 is 4.74 Å². The number of alkyl halides is 1. The minimum absolute atomic E-state index is 0.313. The fraction of sp³-hybridized carbons (Fsp3) is 0.235. The molecular weight excluding hydrogens is 270 g/mol. The minimum Gasteiger partial charge on any atom is -0.487 e. The highest BCUT2D eigenvalue weighted by Crippen LogP contribution is 2.16. The zero-order valence-electron chi connectivity index (χ0n) is 11.6. The number of rotatable bonds is 3. The smallest absolute Gasteiger partial charge is 0.139 e. The Labute approximate surface area is 124 Å². The summed E-state index contributed by atoms with van der Waals surface area (Å²) in [5.41, 5.74) is 4.45. The van der Waals surface area contributed by atoms with E-state index in [-0.39, 0.29) is 0 Å². The monoisotopic (exact) mass is 285 g/mol. The van der Waals surface area contributed by atoms with Gasteiger partial charge in [-0.2, -0.15) is 0 Å². The first-order valence-corrected chi connectivity index (χ1v) is 6.91. The lowest BCUT2D eigenvalue weighted by Gasteiger charge is -2.09. The highest BCUT2D eigenvalue weighted by molar-refractivity contribution is 6.19. The zero-order chi connectivity index (χ0) is 14.4. The van der Waals surface area contributed by atoms with Crippen molar-refractivity contribution in [3.05, 3.63) is 58.9 Å². The standard InChI is InChI=1S/C17H16ClNO/c1-13-5-6-14(2)16(8-13)12-20-17-9-15(4-3-7-18)10-19-11-17/h5-6,8-11H,7,12H2,1-2H3. The number of ether oxygens (including phenoxy) is 1. The van der Waals surface area contributed by atoms with Crippen molar-refractivity contribution in [3.8, 4) is 17.6 Å². The summed E-state index contributed by atoms with van der Waals surface area (Å²) in [6, 6.07) is 8.22. The van der Waals surface area contributed by atoms with Crippen LogP contribution in [0.5, 0.6) is 5.75 Å². The Morgan fingerprint density at radius 3 is 2.85 bits per heavy atom. The maximum absolute atomic E-state index is 5.79. The van der Waals surface area contributed by atoms with Crippen LogP contribution in [0.1, 0.15) is 22.3 Å². The topological polar surface area (TPSA) is 22.1 Å². The van der Waals surface area contributed by atoms with E-state index in [2.05, 4.69) is 48.9 Å². The largest absolute Gasteiger partial charge is 0.487 e. The van der Waals surface area contributed by atoms with Crippen molar-refractivity contribution in [2.45, 2.75) is 20.5 Å². The van der Waals surface area contributed by atoms with Crippen molar-refractivity contribution < 1.29 is 4.74 Å². The van der Waals surface area contributed by atoms with Gasteiger partial charge in [0.15, 0.2) is 0 Å². The number of hydrogen-bond donors (Lipinski definition) is 0. The molecule has 0 unspecified atom stereocenters. The summed E-state index contributed by atoms with van der Waals surface area (Å²) >= 11 is 5.54. The quantitative estimate of drug-likeness (QED) is 0.631. The van der Waals surface area contributed by atoms with Crippen molar-refractivity contribution in [1.82, 2.24) is 4.98 Å². The Morgan fingerprint density at radius 2 is 2.05 bits per heavy atom. The average Bonchev–Trinajstić information content (AvgIpc) is 2.46. The summed E-state index contributed by atoms with van der Waals surface area (Å²) in [6.45, 7) is 4.69. The second-order valence-electron chi connectivity index (χ2n) is 4.56. The Morgan fingerprint density at radius 1 is 1.20 bits per heavy atom. The van der Waals surface area contributed by atoms with Gasteiger partial charge in [-0.1, -0.05) is 35.6 Å². The molecule has 102 valence electrons. The van der Waals surface area contributed by atoms with Crippen LogP contribution in [-0.2, 0) is 6.61 Å². The van der Waals surface area contributed by atoms with Gasteiger partial charge in [-0.25, -0.2) is 0 Å². The molecule has 1 aromatic carbocycles. The van der Waals surface area contributed by atoms with Crippen LogP contribution >= 0.6 is 11.6 Å². The van der Waals surface area contributed by atoms with Gasteiger partial charge in [0, 0.05) is 11.8 Å². The predicted octanol–water partition coefficient (Wildman–Crippen LogP) is 3.87. The highest BCUT2D eigenvalue weighted by Gasteiger charge is 2.01. The van der Waals surface area contributed by atoms with Crippen LogP contribution in [-0.4, -0.2) is 10.9 Å². The van der Waals surface area contributed by atoms with Crippen LogP contribution in [0.25, 0.3) is 0 Å². The number of halogens is 1. The fourth-order valence-electron chi connectivity index (χ4n) is 1.82. The van der Waals surface area contributed by atoms with E-state index in [1.54, 1.807) is 12.4 Å². The molecule has 0 saturated carbocycles. The second-order valence-corrected chi connectivity index (χ2v) is 4.83. The summed E-state index contributed by atoms with van der Waals surface area (Å²) in [6.07, 6.45) is 3.39. The molecule has 2 rings (SSSR count). The molecule has 1 aromatic heterocycles. The van der Waals surface area contributed by atoms with Gasteiger partial charge in [0.05, 0.1) is 12.1 Å². The Hall–Kier alpha value is -1.98. The van der Waals surface area contributed by atoms with E-state index < -0.39 is 0 Å². The van der Waals surface area contributed by atoms with Crippen LogP contribution in [0.15, 0.2) is 36.7 Å². The van der Waals surface area contributed by atoms with Gasteiger partial charge >= 0.3 is 0 Å². The molecule has 0 aliphatic rings. The zero-order valence-corrected chi connectivity index (χ0v) is 12.4. The van der Waals surface area contributed by atoms with E-state index in [9.17, 15) is 0 Å². The molecule has 1 heterocycles. The third kappa shape index (κ3) is 4.01. The molecule has 0 bridgehead atoms. The van der Waals surface area contributed by atoms with E-state index in [0.29, 0.717) is 18.2 Å². The fourth-order valence-corrected chi connectivity index (χ4v) is 1.89.